The fourth-order valence-electron chi connectivity index (χ4n) is 3.34. The third kappa shape index (κ3) is 3.55. The van der Waals surface area contributed by atoms with Gasteiger partial charge in [-0.1, -0.05) is 18.2 Å². The number of carbonyl (C=O) groups excluding carboxylic acids is 2. The molecule has 2 heterocycles. The lowest BCUT2D eigenvalue weighted by Crippen LogP contribution is -2.27. The molecule has 2 unspecified atom stereocenters. The number of imidazole rings is 1. The third-order valence-electron chi connectivity index (χ3n) is 4.55. The van der Waals surface area contributed by atoms with Gasteiger partial charge in [0.05, 0.1) is 0 Å². The molecule has 138 valence electrons. The Balaban J connectivity index is 1.73. The van der Waals surface area contributed by atoms with Gasteiger partial charge in [0.2, 0.25) is 11.1 Å². The number of fused-ring (bicyclic) bond motifs is 1. The Hall–Kier alpha value is -2.48. The molecule has 0 saturated heterocycles. The summed E-state index contributed by atoms with van der Waals surface area (Å²) in [5.41, 5.74) is 1.97. The van der Waals surface area contributed by atoms with Crippen LogP contribution in [0.2, 0.25) is 0 Å². The summed E-state index contributed by atoms with van der Waals surface area (Å²) < 4.78 is 18.2. The Kier molecular flexibility index (Phi) is 4.95. The van der Waals surface area contributed by atoms with Crippen LogP contribution in [0.4, 0.5) is 5.69 Å². The van der Waals surface area contributed by atoms with Crippen LogP contribution in [0, 0.1) is 0 Å². The first-order chi connectivity index (χ1) is 12.3. The van der Waals surface area contributed by atoms with Gasteiger partial charge in [0.25, 0.3) is 5.91 Å². The maximum atomic E-state index is 12.7. The lowest BCUT2D eigenvalue weighted by molar-refractivity contribution is -0.117. The highest BCUT2D eigenvalue weighted by Gasteiger charge is 2.30. The van der Waals surface area contributed by atoms with Crippen molar-refractivity contribution < 1.29 is 13.8 Å². The van der Waals surface area contributed by atoms with Crippen molar-refractivity contribution in [2.45, 2.75) is 30.8 Å². The molecule has 0 bridgehead atoms. The third-order valence-corrected chi connectivity index (χ3v) is 6.17. The Labute approximate surface area is 153 Å². The van der Waals surface area contributed by atoms with Crippen LogP contribution in [0.5, 0.6) is 0 Å². The summed E-state index contributed by atoms with van der Waals surface area (Å²) in [5, 5.41) is 0.291. The number of amides is 2. The average Bonchev–Trinajstić information content (AvgIpc) is 3.17. The summed E-state index contributed by atoms with van der Waals surface area (Å²) in [6.07, 6.45) is 5.36. The molecule has 0 fully saturated rings. The largest absolute Gasteiger partial charge is 0.326 e. The lowest BCUT2D eigenvalue weighted by Gasteiger charge is -2.15. The van der Waals surface area contributed by atoms with Gasteiger partial charge in [-0.05, 0) is 18.1 Å². The molecule has 1 aromatic carbocycles. The topological polar surface area (TPSA) is 84.6 Å². The summed E-state index contributed by atoms with van der Waals surface area (Å²) in [7, 11) is -1.14. The first kappa shape index (κ1) is 18.3. The molecule has 2 atom stereocenters. The molecule has 3 rings (SSSR count). The molecule has 8 heteroatoms. The average molecular weight is 374 g/mol. The molecular formula is C18H22N4O3S. The standard InChI is InChI=1S/C18H22N4O3S/c1-13(23)22-12-14(15-6-4-5-7-16(15)22)8-9-17(24)20-26(3,25)18-19-10-11-21(18)2/h4-7,10-11,14H,8-9,12H2,1-3H3. The van der Waals surface area contributed by atoms with Gasteiger partial charge >= 0.3 is 0 Å². The van der Waals surface area contributed by atoms with E-state index in [1.807, 2.05) is 24.3 Å². The molecule has 0 radical (unpaired) electrons. The number of para-hydroxylation sites is 1. The number of hydrogen-bond donors (Lipinski definition) is 0. The van der Waals surface area contributed by atoms with Gasteiger partial charge in [-0.15, -0.1) is 0 Å². The monoisotopic (exact) mass is 374 g/mol. The van der Waals surface area contributed by atoms with Crippen LogP contribution < -0.4 is 4.90 Å². The highest BCUT2D eigenvalue weighted by Crippen LogP contribution is 2.38. The fraction of sp³-hybridized carbons (Fsp3) is 0.389. The molecule has 1 aliphatic rings. The molecule has 1 aliphatic heterocycles. The van der Waals surface area contributed by atoms with Gasteiger partial charge in [0.1, 0.15) is 9.73 Å². The van der Waals surface area contributed by atoms with Gasteiger partial charge in [-0.3, -0.25) is 9.59 Å². The summed E-state index contributed by atoms with van der Waals surface area (Å²) in [6.45, 7) is 2.10. The van der Waals surface area contributed by atoms with E-state index in [4.69, 9.17) is 0 Å². The minimum absolute atomic E-state index is 0.0117. The molecule has 1 aromatic heterocycles. The molecule has 0 saturated carbocycles. The lowest BCUT2D eigenvalue weighted by atomic mass is 9.96. The Morgan fingerprint density at radius 1 is 1.35 bits per heavy atom. The van der Waals surface area contributed by atoms with E-state index in [1.54, 1.807) is 29.6 Å². The van der Waals surface area contributed by atoms with E-state index in [0.29, 0.717) is 18.1 Å². The van der Waals surface area contributed by atoms with E-state index in [9.17, 15) is 13.8 Å². The molecule has 26 heavy (non-hydrogen) atoms. The number of nitrogens with zero attached hydrogens (tertiary/aromatic N) is 4. The molecule has 2 aromatic rings. The first-order valence-corrected chi connectivity index (χ1v) is 10.3. The summed E-state index contributed by atoms with van der Waals surface area (Å²) >= 11 is 0. The molecule has 0 aliphatic carbocycles. The predicted molar refractivity (Wildman–Crippen MR) is 99.4 cm³/mol. The van der Waals surface area contributed by atoms with E-state index in [2.05, 4.69) is 9.35 Å². The smallest absolute Gasteiger partial charge is 0.254 e. The zero-order valence-corrected chi connectivity index (χ0v) is 15.9. The SMILES string of the molecule is CC(=O)N1CC(CCC(=O)N=S(C)(=O)c2nccn2C)c2ccccc21. The molecule has 7 nitrogen and oxygen atoms in total. The highest BCUT2D eigenvalue weighted by molar-refractivity contribution is 7.93. The maximum absolute atomic E-state index is 12.7. The number of aromatic nitrogens is 2. The maximum Gasteiger partial charge on any atom is 0.254 e. The number of hydrogen-bond acceptors (Lipinski definition) is 4. The van der Waals surface area contributed by atoms with Crippen molar-refractivity contribution >= 4 is 27.2 Å². The number of anilines is 1. The second-order valence-electron chi connectivity index (χ2n) is 6.53. The van der Waals surface area contributed by atoms with Crippen molar-refractivity contribution in [2.24, 2.45) is 11.4 Å². The second kappa shape index (κ2) is 7.03. The van der Waals surface area contributed by atoms with E-state index in [0.717, 1.165) is 11.3 Å². The summed E-state index contributed by atoms with van der Waals surface area (Å²) in [4.78, 5) is 29.9. The Morgan fingerprint density at radius 3 is 2.73 bits per heavy atom. The van der Waals surface area contributed by atoms with Crippen LogP contribution in [-0.4, -0.2) is 38.4 Å². The second-order valence-corrected chi connectivity index (χ2v) is 8.69. The quantitative estimate of drug-likeness (QED) is 0.822. The summed E-state index contributed by atoms with van der Waals surface area (Å²) in [6, 6.07) is 7.74. The van der Waals surface area contributed by atoms with Crippen LogP contribution in [0.3, 0.4) is 0 Å². The predicted octanol–water partition coefficient (Wildman–Crippen LogP) is 2.33. The minimum atomic E-state index is -2.86. The van der Waals surface area contributed by atoms with E-state index < -0.39 is 15.6 Å². The van der Waals surface area contributed by atoms with Gasteiger partial charge in [-0.2, -0.15) is 4.36 Å². The Bertz CT molecular complexity index is 972. The fourth-order valence-corrected chi connectivity index (χ4v) is 4.75. The van der Waals surface area contributed by atoms with Crippen molar-refractivity contribution in [1.82, 2.24) is 9.55 Å². The molecular weight excluding hydrogens is 352 g/mol. The van der Waals surface area contributed by atoms with Crippen molar-refractivity contribution in [3.05, 3.63) is 42.2 Å². The zero-order chi connectivity index (χ0) is 18.9. The normalized spacial score (nSPS) is 18.3. The molecule has 2 amide bonds. The van der Waals surface area contributed by atoms with Gasteiger partial charge in [-0.25, -0.2) is 9.19 Å². The van der Waals surface area contributed by atoms with E-state index in [1.165, 1.54) is 12.5 Å². The first-order valence-electron chi connectivity index (χ1n) is 8.39. The summed E-state index contributed by atoms with van der Waals surface area (Å²) in [5.74, 6) is -0.336. The zero-order valence-electron chi connectivity index (χ0n) is 15.1. The van der Waals surface area contributed by atoms with Crippen molar-refractivity contribution in [1.29, 1.82) is 0 Å². The van der Waals surface area contributed by atoms with E-state index in [-0.39, 0.29) is 18.2 Å². The number of carbonyl (C=O) groups is 2. The highest BCUT2D eigenvalue weighted by atomic mass is 32.2. The van der Waals surface area contributed by atoms with Crippen LogP contribution in [0.1, 0.15) is 31.2 Å². The van der Waals surface area contributed by atoms with Crippen molar-refractivity contribution in [2.75, 3.05) is 17.7 Å². The van der Waals surface area contributed by atoms with Crippen LogP contribution in [0.15, 0.2) is 46.2 Å². The minimum Gasteiger partial charge on any atom is -0.326 e. The molecule has 0 N–H and O–H groups in total. The van der Waals surface area contributed by atoms with Crippen molar-refractivity contribution in [3.8, 4) is 0 Å². The number of rotatable bonds is 4. The van der Waals surface area contributed by atoms with Gasteiger partial charge < -0.3 is 9.47 Å². The van der Waals surface area contributed by atoms with Gasteiger partial charge in [0.15, 0.2) is 0 Å². The molecule has 0 spiro atoms. The van der Waals surface area contributed by atoms with Gasteiger partial charge in [0, 0.05) is 57.2 Å². The Morgan fingerprint density at radius 2 is 2.08 bits per heavy atom. The van der Waals surface area contributed by atoms with Crippen molar-refractivity contribution in [3.63, 3.8) is 0 Å². The van der Waals surface area contributed by atoms with Crippen LogP contribution in [0.25, 0.3) is 0 Å². The van der Waals surface area contributed by atoms with E-state index >= 15 is 0 Å². The number of aryl methyl sites for hydroxylation is 1. The number of benzene rings is 1. The van der Waals surface area contributed by atoms with Crippen LogP contribution >= 0.6 is 0 Å². The van der Waals surface area contributed by atoms with Crippen LogP contribution in [-0.2, 0) is 26.4 Å².